The molecule has 2 aromatic rings. The highest BCUT2D eigenvalue weighted by Crippen LogP contribution is 2.26. The van der Waals surface area contributed by atoms with Crippen molar-refractivity contribution >= 4 is 23.8 Å². The molecule has 2 rings (SSSR count). The van der Waals surface area contributed by atoms with Gasteiger partial charge in [0.05, 0.1) is 7.11 Å². The summed E-state index contributed by atoms with van der Waals surface area (Å²) in [6.07, 6.45) is 2.79. The number of rotatable bonds is 6. The number of hydrogen-bond acceptors (Lipinski definition) is 3. The van der Waals surface area contributed by atoms with Crippen molar-refractivity contribution < 1.29 is 14.6 Å². The number of benzene rings is 2. The molecule has 0 fully saturated rings. The first-order valence-corrected chi connectivity index (χ1v) is 7.43. The van der Waals surface area contributed by atoms with Crippen LogP contribution in [0.4, 0.5) is 0 Å². The van der Waals surface area contributed by atoms with Crippen molar-refractivity contribution in [2.75, 3.05) is 7.11 Å². The molecule has 0 bridgehead atoms. The van der Waals surface area contributed by atoms with Gasteiger partial charge in [0.15, 0.2) is 0 Å². The Hall–Kier alpha value is -2.20. The van der Waals surface area contributed by atoms with Gasteiger partial charge in [0, 0.05) is 16.7 Å². The first-order valence-electron chi connectivity index (χ1n) is 6.45. The van der Waals surface area contributed by atoms with E-state index in [1.807, 2.05) is 48.5 Å². The van der Waals surface area contributed by atoms with Crippen LogP contribution >= 0.6 is 11.8 Å². The van der Waals surface area contributed by atoms with Gasteiger partial charge in [-0.1, -0.05) is 24.3 Å². The zero-order chi connectivity index (χ0) is 15.1. The van der Waals surface area contributed by atoms with Gasteiger partial charge in [-0.3, -0.25) is 0 Å². The van der Waals surface area contributed by atoms with Crippen LogP contribution in [0, 0.1) is 0 Å². The molecule has 0 aromatic heterocycles. The molecule has 0 unspecified atom stereocenters. The quantitative estimate of drug-likeness (QED) is 0.645. The normalized spacial score (nSPS) is 10.7. The molecule has 0 radical (unpaired) electrons. The first-order chi connectivity index (χ1) is 10.2. The number of hydrogen-bond donors (Lipinski definition) is 1. The van der Waals surface area contributed by atoms with Gasteiger partial charge in [-0.2, -0.15) is 0 Å². The van der Waals surface area contributed by atoms with Crippen molar-refractivity contribution in [1.29, 1.82) is 0 Å². The number of aliphatic carboxylic acids is 1. The fraction of sp³-hybridized carbons (Fsp3) is 0.118. The summed E-state index contributed by atoms with van der Waals surface area (Å²) in [7, 11) is 1.65. The predicted octanol–water partition coefficient (Wildman–Crippen LogP) is 4.09. The molecule has 0 atom stereocenters. The van der Waals surface area contributed by atoms with E-state index in [0.29, 0.717) is 0 Å². The van der Waals surface area contributed by atoms with E-state index in [1.165, 1.54) is 0 Å². The fourth-order valence-corrected chi connectivity index (χ4v) is 2.74. The summed E-state index contributed by atoms with van der Waals surface area (Å²) in [4.78, 5) is 11.8. The van der Waals surface area contributed by atoms with Crippen LogP contribution in [0.5, 0.6) is 5.75 Å². The lowest BCUT2D eigenvalue weighted by Gasteiger charge is -2.06. The van der Waals surface area contributed by atoms with Crippen molar-refractivity contribution in [3.05, 3.63) is 65.7 Å². The largest absolute Gasteiger partial charge is 0.497 e. The summed E-state index contributed by atoms with van der Waals surface area (Å²) in [6.45, 7) is 0. The molecular formula is C17H16O3S. The zero-order valence-electron chi connectivity index (χ0n) is 11.7. The van der Waals surface area contributed by atoms with Crippen molar-refractivity contribution in [2.24, 2.45) is 0 Å². The van der Waals surface area contributed by atoms with Crippen LogP contribution in [0.25, 0.3) is 6.08 Å². The molecule has 0 amide bonds. The molecular weight excluding hydrogens is 284 g/mol. The maximum absolute atomic E-state index is 10.6. The average Bonchev–Trinajstić information content (AvgIpc) is 2.52. The summed E-state index contributed by atoms with van der Waals surface area (Å²) in [6, 6.07) is 15.7. The van der Waals surface area contributed by atoms with E-state index in [4.69, 9.17) is 9.84 Å². The number of thioether (sulfide) groups is 1. The highest BCUT2D eigenvalue weighted by molar-refractivity contribution is 7.98. The van der Waals surface area contributed by atoms with Gasteiger partial charge in [-0.25, -0.2) is 4.79 Å². The maximum atomic E-state index is 10.6. The lowest BCUT2D eigenvalue weighted by atomic mass is 10.1. The second-order valence-electron chi connectivity index (χ2n) is 4.33. The smallest absolute Gasteiger partial charge is 0.328 e. The third-order valence-electron chi connectivity index (χ3n) is 2.91. The van der Waals surface area contributed by atoms with Crippen LogP contribution in [0.1, 0.15) is 11.1 Å². The van der Waals surface area contributed by atoms with Gasteiger partial charge >= 0.3 is 5.97 Å². The van der Waals surface area contributed by atoms with E-state index < -0.39 is 5.97 Å². The van der Waals surface area contributed by atoms with Crippen LogP contribution in [0.15, 0.2) is 59.5 Å². The minimum atomic E-state index is -0.937. The van der Waals surface area contributed by atoms with Crippen molar-refractivity contribution in [3.63, 3.8) is 0 Å². The standard InChI is InChI=1S/C17H16O3S/c1-20-15-7-9-16(10-8-15)21-12-14-5-3-2-4-13(14)6-11-17(18)19/h2-11H,12H2,1H3,(H,18,19). The Kier molecular flexibility index (Phi) is 5.46. The third kappa shape index (κ3) is 4.68. The van der Waals surface area contributed by atoms with Crippen LogP contribution in [-0.4, -0.2) is 18.2 Å². The highest BCUT2D eigenvalue weighted by atomic mass is 32.2. The minimum absolute atomic E-state index is 0.784. The molecule has 0 heterocycles. The molecule has 1 N–H and O–H groups in total. The van der Waals surface area contributed by atoms with Crippen LogP contribution in [-0.2, 0) is 10.5 Å². The predicted molar refractivity (Wildman–Crippen MR) is 85.7 cm³/mol. The molecule has 0 aliphatic heterocycles. The molecule has 2 aromatic carbocycles. The molecule has 0 saturated heterocycles. The van der Waals surface area contributed by atoms with E-state index in [2.05, 4.69) is 0 Å². The second-order valence-corrected chi connectivity index (χ2v) is 5.38. The Balaban J connectivity index is 2.07. The number of carboxylic acids is 1. The number of methoxy groups -OCH3 is 1. The molecule has 0 spiro atoms. The lowest BCUT2D eigenvalue weighted by Crippen LogP contribution is -1.89. The Morgan fingerprint density at radius 2 is 1.90 bits per heavy atom. The number of ether oxygens (including phenoxy) is 1. The topological polar surface area (TPSA) is 46.5 Å². The first kappa shape index (κ1) is 15.2. The van der Waals surface area contributed by atoms with Crippen molar-refractivity contribution in [2.45, 2.75) is 10.6 Å². The summed E-state index contributed by atoms with van der Waals surface area (Å²) < 4.78 is 5.13. The van der Waals surface area contributed by atoms with Gasteiger partial charge in [0.1, 0.15) is 5.75 Å². The number of carboxylic acid groups (broad SMARTS) is 1. The molecule has 0 saturated carbocycles. The van der Waals surface area contributed by atoms with Gasteiger partial charge in [0.2, 0.25) is 0 Å². The summed E-state index contributed by atoms with van der Waals surface area (Å²) in [5.74, 6) is 0.684. The van der Waals surface area contributed by atoms with E-state index in [-0.39, 0.29) is 0 Å². The molecule has 0 aliphatic carbocycles. The number of carbonyl (C=O) groups is 1. The van der Waals surface area contributed by atoms with E-state index in [0.717, 1.165) is 33.6 Å². The summed E-state index contributed by atoms with van der Waals surface area (Å²) in [5, 5.41) is 8.72. The lowest BCUT2D eigenvalue weighted by molar-refractivity contribution is -0.131. The van der Waals surface area contributed by atoms with Gasteiger partial charge < -0.3 is 9.84 Å². The van der Waals surface area contributed by atoms with E-state index in [1.54, 1.807) is 24.9 Å². The van der Waals surface area contributed by atoms with Gasteiger partial charge in [0.25, 0.3) is 0 Å². The Bertz CT molecular complexity index is 633. The zero-order valence-corrected chi connectivity index (χ0v) is 12.5. The van der Waals surface area contributed by atoms with Crippen LogP contribution < -0.4 is 4.74 Å². The molecule has 0 aliphatic rings. The van der Waals surface area contributed by atoms with Crippen LogP contribution in [0.3, 0.4) is 0 Å². The SMILES string of the molecule is COc1ccc(SCc2ccccc2C=CC(=O)O)cc1. The monoisotopic (exact) mass is 300 g/mol. The summed E-state index contributed by atoms with van der Waals surface area (Å²) >= 11 is 1.70. The minimum Gasteiger partial charge on any atom is -0.497 e. The molecule has 3 nitrogen and oxygen atoms in total. The van der Waals surface area contributed by atoms with Crippen molar-refractivity contribution in [1.82, 2.24) is 0 Å². The highest BCUT2D eigenvalue weighted by Gasteiger charge is 2.01. The van der Waals surface area contributed by atoms with Gasteiger partial charge in [-0.05, 0) is 41.5 Å². The fourth-order valence-electron chi connectivity index (χ4n) is 1.82. The summed E-state index contributed by atoms with van der Waals surface area (Å²) in [5.41, 5.74) is 2.04. The van der Waals surface area contributed by atoms with Crippen molar-refractivity contribution in [3.8, 4) is 5.75 Å². The Morgan fingerprint density at radius 1 is 1.19 bits per heavy atom. The van der Waals surface area contributed by atoms with Gasteiger partial charge in [-0.15, -0.1) is 11.8 Å². The van der Waals surface area contributed by atoms with E-state index >= 15 is 0 Å². The molecule has 108 valence electrons. The Labute approximate surface area is 128 Å². The van der Waals surface area contributed by atoms with E-state index in [9.17, 15) is 4.79 Å². The molecule has 4 heteroatoms. The maximum Gasteiger partial charge on any atom is 0.328 e. The molecule has 21 heavy (non-hydrogen) atoms. The van der Waals surface area contributed by atoms with Crippen LogP contribution in [0.2, 0.25) is 0 Å². The second kappa shape index (κ2) is 7.55. The Morgan fingerprint density at radius 3 is 2.57 bits per heavy atom. The average molecular weight is 300 g/mol. The third-order valence-corrected chi connectivity index (χ3v) is 3.98.